The van der Waals surface area contributed by atoms with E-state index >= 15 is 0 Å². The molecule has 7 heteroatoms. The van der Waals surface area contributed by atoms with Crippen molar-refractivity contribution in [3.05, 3.63) is 54.1 Å². The molecule has 0 radical (unpaired) electrons. The predicted octanol–water partition coefficient (Wildman–Crippen LogP) is 2.36. The SMILES string of the molecule is CC(F)(F)C(=O)N1CCC2(CC1)c1ccccc1[C@@H](n1ccnc1)[C@@H]2O. The van der Waals surface area contributed by atoms with Gasteiger partial charge in [0, 0.05) is 37.8 Å². The van der Waals surface area contributed by atoms with Crippen LogP contribution in [-0.4, -0.2) is 50.6 Å². The van der Waals surface area contributed by atoms with E-state index in [4.69, 9.17) is 0 Å². The van der Waals surface area contributed by atoms with Crippen molar-refractivity contribution in [2.24, 2.45) is 0 Å². The van der Waals surface area contributed by atoms with E-state index in [1.54, 1.807) is 12.5 Å². The smallest absolute Gasteiger partial charge is 0.322 e. The summed E-state index contributed by atoms with van der Waals surface area (Å²) in [6, 6.07) is 7.60. The molecule has 4 rings (SSSR count). The van der Waals surface area contributed by atoms with Crippen LogP contribution in [0.2, 0.25) is 0 Å². The molecule has 5 nitrogen and oxygen atoms in total. The Hall–Kier alpha value is -2.28. The molecule has 1 spiro atoms. The van der Waals surface area contributed by atoms with Gasteiger partial charge in [-0.2, -0.15) is 8.78 Å². The minimum Gasteiger partial charge on any atom is -0.390 e. The Labute approximate surface area is 150 Å². The number of rotatable bonds is 2. The number of halogens is 2. The average Bonchev–Trinajstić information content (AvgIpc) is 3.21. The molecule has 2 atom stereocenters. The van der Waals surface area contributed by atoms with Gasteiger partial charge in [-0.25, -0.2) is 4.98 Å². The van der Waals surface area contributed by atoms with Crippen LogP contribution in [-0.2, 0) is 10.2 Å². The van der Waals surface area contributed by atoms with Crippen LogP contribution in [0, 0.1) is 0 Å². The van der Waals surface area contributed by atoms with Crippen LogP contribution in [0.15, 0.2) is 43.0 Å². The summed E-state index contributed by atoms with van der Waals surface area (Å²) in [5, 5.41) is 11.2. The molecule has 1 N–H and O–H groups in total. The molecule has 2 aliphatic rings. The number of imidazole rings is 1. The lowest BCUT2D eigenvalue weighted by atomic mass is 9.72. The number of aliphatic hydroxyl groups excluding tert-OH is 1. The zero-order chi connectivity index (χ0) is 18.5. The Balaban J connectivity index is 1.67. The first-order valence-electron chi connectivity index (χ1n) is 8.77. The molecule has 1 aromatic carbocycles. The fraction of sp³-hybridized carbons (Fsp3) is 0.474. The predicted molar refractivity (Wildman–Crippen MR) is 90.9 cm³/mol. The summed E-state index contributed by atoms with van der Waals surface area (Å²) in [4.78, 5) is 17.2. The van der Waals surface area contributed by atoms with Gasteiger partial charge in [-0.1, -0.05) is 24.3 Å². The number of nitrogens with zero attached hydrogens (tertiary/aromatic N) is 3. The first-order valence-corrected chi connectivity index (χ1v) is 8.77. The van der Waals surface area contributed by atoms with Gasteiger partial charge in [0.2, 0.25) is 0 Å². The number of amides is 1. The molecule has 0 unspecified atom stereocenters. The van der Waals surface area contributed by atoms with E-state index in [0.717, 1.165) is 11.1 Å². The summed E-state index contributed by atoms with van der Waals surface area (Å²) in [6.45, 7) is 1.06. The van der Waals surface area contributed by atoms with Crippen LogP contribution < -0.4 is 0 Å². The number of carbonyl (C=O) groups excluding carboxylic acids is 1. The number of hydrogen-bond acceptors (Lipinski definition) is 3. The maximum Gasteiger partial charge on any atom is 0.322 e. The zero-order valence-electron chi connectivity index (χ0n) is 14.5. The maximum absolute atomic E-state index is 13.4. The van der Waals surface area contributed by atoms with Gasteiger partial charge in [0.25, 0.3) is 5.91 Å². The van der Waals surface area contributed by atoms with Gasteiger partial charge in [0.1, 0.15) is 0 Å². The molecule has 0 bridgehead atoms. The third-order valence-corrected chi connectivity index (χ3v) is 5.85. The fourth-order valence-corrected chi connectivity index (χ4v) is 4.55. The van der Waals surface area contributed by atoms with Gasteiger partial charge in [-0.15, -0.1) is 0 Å². The van der Waals surface area contributed by atoms with Crippen LogP contribution in [0.4, 0.5) is 8.78 Å². The molecule has 2 heterocycles. The number of fused-ring (bicyclic) bond motifs is 2. The molecule has 26 heavy (non-hydrogen) atoms. The number of likely N-dealkylation sites (tertiary alicyclic amines) is 1. The number of alkyl halides is 2. The van der Waals surface area contributed by atoms with Gasteiger partial charge >= 0.3 is 5.92 Å². The lowest BCUT2D eigenvalue weighted by Gasteiger charge is -2.43. The standard InChI is InChI=1S/C19H21F2N3O2/c1-18(20,21)17(26)23-9-6-19(7-10-23)14-5-3-2-4-13(14)15(16(19)25)24-11-8-22-12-24/h2-5,8,11-12,15-16,25H,6-7,9-10H2,1H3/t15-,16+/m1/s1. The van der Waals surface area contributed by atoms with Gasteiger partial charge < -0.3 is 14.6 Å². The Bertz CT molecular complexity index is 808. The second-order valence-electron chi connectivity index (χ2n) is 7.32. The molecule has 1 aliphatic carbocycles. The Morgan fingerprint density at radius 1 is 1.31 bits per heavy atom. The third kappa shape index (κ3) is 2.45. The number of piperidine rings is 1. The molecule has 1 amide bonds. The van der Waals surface area contributed by atoms with Crippen molar-refractivity contribution < 1.29 is 18.7 Å². The van der Waals surface area contributed by atoms with E-state index in [2.05, 4.69) is 4.98 Å². The van der Waals surface area contributed by atoms with Crippen molar-refractivity contribution in [3.63, 3.8) is 0 Å². The highest BCUT2D eigenvalue weighted by Gasteiger charge is 2.54. The van der Waals surface area contributed by atoms with E-state index in [1.807, 2.05) is 35.0 Å². The Morgan fingerprint density at radius 2 is 2.00 bits per heavy atom. The minimum atomic E-state index is -3.37. The van der Waals surface area contributed by atoms with Gasteiger partial charge in [-0.3, -0.25) is 4.79 Å². The molecular formula is C19H21F2N3O2. The normalized spacial score (nSPS) is 24.7. The maximum atomic E-state index is 13.4. The van der Waals surface area contributed by atoms with Gasteiger partial charge in [0.05, 0.1) is 18.5 Å². The Morgan fingerprint density at radius 3 is 2.62 bits per heavy atom. The van der Waals surface area contributed by atoms with E-state index in [1.165, 1.54) is 4.90 Å². The number of benzene rings is 1. The van der Waals surface area contributed by atoms with Gasteiger partial charge in [0.15, 0.2) is 0 Å². The summed E-state index contributed by atoms with van der Waals surface area (Å²) in [5.41, 5.74) is 1.53. The van der Waals surface area contributed by atoms with Crippen molar-refractivity contribution in [1.82, 2.24) is 14.5 Å². The third-order valence-electron chi connectivity index (χ3n) is 5.85. The summed E-state index contributed by atoms with van der Waals surface area (Å²) in [7, 11) is 0. The van der Waals surface area contributed by atoms with Crippen LogP contribution in [0.3, 0.4) is 0 Å². The number of aliphatic hydroxyl groups is 1. The van der Waals surface area contributed by atoms with Gasteiger partial charge in [-0.05, 0) is 24.0 Å². The van der Waals surface area contributed by atoms with Crippen LogP contribution in [0.1, 0.15) is 36.9 Å². The van der Waals surface area contributed by atoms with E-state index in [9.17, 15) is 18.7 Å². The van der Waals surface area contributed by atoms with E-state index in [-0.39, 0.29) is 19.1 Å². The molecule has 0 saturated carbocycles. The van der Waals surface area contributed by atoms with E-state index in [0.29, 0.717) is 19.8 Å². The zero-order valence-corrected chi connectivity index (χ0v) is 14.5. The first-order chi connectivity index (χ1) is 12.3. The molecule has 138 valence electrons. The molecule has 1 aromatic heterocycles. The van der Waals surface area contributed by atoms with Crippen LogP contribution >= 0.6 is 0 Å². The first kappa shape index (κ1) is 17.1. The minimum absolute atomic E-state index is 0.213. The quantitative estimate of drug-likeness (QED) is 0.893. The van der Waals surface area contributed by atoms with E-state index < -0.39 is 23.3 Å². The van der Waals surface area contributed by atoms with Crippen molar-refractivity contribution >= 4 is 5.91 Å². The van der Waals surface area contributed by atoms with Crippen molar-refractivity contribution in [2.75, 3.05) is 13.1 Å². The second-order valence-corrected chi connectivity index (χ2v) is 7.32. The topological polar surface area (TPSA) is 58.4 Å². The lowest BCUT2D eigenvalue weighted by molar-refractivity contribution is -0.157. The molecule has 2 aromatic rings. The highest BCUT2D eigenvalue weighted by atomic mass is 19.3. The summed E-state index contributed by atoms with van der Waals surface area (Å²) < 4.78 is 28.6. The van der Waals surface area contributed by atoms with Crippen molar-refractivity contribution in [3.8, 4) is 0 Å². The molecule has 1 saturated heterocycles. The summed E-state index contributed by atoms with van der Waals surface area (Å²) in [6.07, 6.45) is 5.38. The monoisotopic (exact) mass is 361 g/mol. The summed E-state index contributed by atoms with van der Waals surface area (Å²) >= 11 is 0. The molecule has 1 fully saturated rings. The molecular weight excluding hydrogens is 340 g/mol. The number of carbonyl (C=O) groups is 1. The van der Waals surface area contributed by atoms with Crippen LogP contribution in [0.5, 0.6) is 0 Å². The lowest BCUT2D eigenvalue weighted by Crippen LogP contribution is -2.52. The van der Waals surface area contributed by atoms with Crippen LogP contribution in [0.25, 0.3) is 0 Å². The highest BCUT2D eigenvalue weighted by Crippen LogP contribution is 2.52. The second kappa shape index (κ2) is 5.87. The number of hydrogen-bond donors (Lipinski definition) is 1. The highest BCUT2D eigenvalue weighted by molar-refractivity contribution is 5.83. The van der Waals surface area contributed by atoms with Crippen molar-refractivity contribution in [1.29, 1.82) is 0 Å². The molecule has 1 aliphatic heterocycles. The summed E-state index contributed by atoms with van der Waals surface area (Å²) in [5.74, 6) is -4.50. The fourth-order valence-electron chi connectivity index (χ4n) is 4.55. The Kier molecular flexibility index (Phi) is 3.87. The largest absolute Gasteiger partial charge is 0.390 e. The van der Waals surface area contributed by atoms with Crippen molar-refractivity contribution in [2.45, 2.75) is 43.2 Å². The average molecular weight is 361 g/mol. The number of aromatic nitrogens is 2.